The van der Waals surface area contributed by atoms with Gasteiger partial charge in [-0.05, 0) is 25.5 Å². The molecular weight excluding hydrogens is 277 g/mol. The average molecular weight is 299 g/mol. The van der Waals surface area contributed by atoms with Crippen LogP contribution >= 0.6 is 11.8 Å². The van der Waals surface area contributed by atoms with Gasteiger partial charge < -0.3 is 14.8 Å². The standard InChI is InChI=1S/C15H22FNO2S/c1-11-14(6-8-19-11)20-15-5-3-4-13(16)12(15)10-17-7-9-18-2/h3-5,11,14,17H,6-10H2,1-2H3. The van der Waals surface area contributed by atoms with Gasteiger partial charge in [0.05, 0.1) is 12.7 Å². The maximum Gasteiger partial charge on any atom is 0.128 e. The van der Waals surface area contributed by atoms with Gasteiger partial charge in [0.25, 0.3) is 0 Å². The maximum atomic E-state index is 14.0. The molecule has 0 spiro atoms. The Morgan fingerprint density at radius 1 is 1.50 bits per heavy atom. The van der Waals surface area contributed by atoms with Gasteiger partial charge in [0, 0.05) is 42.5 Å². The van der Waals surface area contributed by atoms with Crippen LogP contribution in [-0.4, -0.2) is 38.2 Å². The molecule has 0 aliphatic carbocycles. The Labute approximate surface area is 124 Å². The Balaban J connectivity index is 2.01. The number of benzene rings is 1. The molecule has 2 atom stereocenters. The van der Waals surface area contributed by atoms with Gasteiger partial charge in [-0.15, -0.1) is 11.8 Å². The molecule has 1 heterocycles. The first-order valence-corrected chi connectivity index (χ1v) is 7.85. The van der Waals surface area contributed by atoms with Crippen LogP contribution in [0.1, 0.15) is 18.9 Å². The van der Waals surface area contributed by atoms with Crippen molar-refractivity contribution in [3.63, 3.8) is 0 Å². The monoisotopic (exact) mass is 299 g/mol. The zero-order valence-electron chi connectivity index (χ0n) is 12.0. The largest absolute Gasteiger partial charge is 0.383 e. The van der Waals surface area contributed by atoms with Crippen molar-refractivity contribution in [1.29, 1.82) is 0 Å². The lowest BCUT2D eigenvalue weighted by atomic mass is 10.2. The van der Waals surface area contributed by atoms with Gasteiger partial charge in [-0.25, -0.2) is 4.39 Å². The van der Waals surface area contributed by atoms with E-state index in [2.05, 4.69) is 12.2 Å². The van der Waals surface area contributed by atoms with Crippen molar-refractivity contribution >= 4 is 11.8 Å². The lowest BCUT2D eigenvalue weighted by molar-refractivity contribution is 0.127. The fourth-order valence-electron chi connectivity index (χ4n) is 2.24. The first-order valence-electron chi connectivity index (χ1n) is 6.97. The minimum Gasteiger partial charge on any atom is -0.383 e. The molecule has 20 heavy (non-hydrogen) atoms. The minimum absolute atomic E-state index is 0.147. The molecule has 1 saturated heterocycles. The van der Waals surface area contributed by atoms with Crippen molar-refractivity contribution in [2.75, 3.05) is 26.9 Å². The van der Waals surface area contributed by atoms with Crippen LogP contribution in [0.15, 0.2) is 23.1 Å². The molecule has 0 saturated carbocycles. The summed E-state index contributed by atoms with van der Waals surface area (Å²) >= 11 is 1.73. The van der Waals surface area contributed by atoms with E-state index in [1.54, 1.807) is 24.9 Å². The van der Waals surface area contributed by atoms with Crippen LogP contribution in [0.4, 0.5) is 4.39 Å². The van der Waals surface area contributed by atoms with Crippen molar-refractivity contribution in [3.8, 4) is 0 Å². The Kier molecular flexibility index (Phi) is 6.29. The lowest BCUT2D eigenvalue weighted by Gasteiger charge is -2.17. The van der Waals surface area contributed by atoms with E-state index < -0.39 is 0 Å². The summed E-state index contributed by atoms with van der Waals surface area (Å²) in [5.74, 6) is -0.147. The number of nitrogens with one attached hydrogen (secondary N) is 1. The maximum absolute atomic E-state index is 14.0. The van der Waals surface area contributed by atoms with Gasteiger partial charge in [0.2, 0.25) is 0 Å². The lowest BCUT2D eigenvalue weighted by Crippen LogP contribution is -2.20. The fourth-order valence-corrected chi connectivity index (χ4v) is 3.52. The Morgan fingerprint density at radius 3 is 3.05 bits per heavy atom. The van der Waals surface area contributed by atoms with Crippen molar-refractivity contribution in [2.45, 2.75) is 36.1 Å². The second kappa shape index (κ2) is 7.98. The number of halogens is 1. The van der Waals surface area contributed by atoms with Crippen molar-refractivity contribution in [1.82, 2.24) is 5.32 Å². The highest BCUT2D eigenvalue weighted by atomic mass is 32.2. The molecule has 0 aromatic heterocycles. The van der Waals surface area contributed by atoms with E-state index in [0.717, 1.165) is 30.0 Å². The van der Waals surface area contributed by atoms with Crippen LogP contribution in [0.5, 0.6) is 0 Å². The van der Waals surface area contributed by atoms with Crippen LogP contribution in [0.3, 0.4) is 0 Å². The van der Waals surface area contributed by atoms with Gasteiger partial charge in [-0.3, -0.25) is 0 Å². The van der Waals surface area contributed by atoms with Crippen molar-refractivity contribution in [3.05, 3.63) is 29.6 Å². The molecule has 5 heteroatoms. The molecule has 1 N–H and O–H groups in total. The SMILES string of the molecule is COCCNCc1c(F)cccc1SC1CCOC1C. The van der Waals surface area contributed by atoms with Gasteiger partial charge in [-0.1, -0.05) is 6.07 Å². The third-order valence-corrected chi connectivity index (χ3v) is 5.00. The highest BCUT2D eigenvalue weighted by Gasteiger charge is 2.26. The van der Waals surface area contributed by atoms with E-state index >= 15 is 0 Å². The van der Waals surface area contributed by atoms with Crippen LogP contribution < -0.4 is 5.32 Å². The molecule has 2 rings (SSSR count). The second-order valence-electron chi connectivity index (χ2n) is 4.91. The number of methoxy groups -OCH3 is 1. The summed E-state index contributed by atoms with van der Waals surface area (Å²) in [6.45, 7) is 4.76. The smallest absolute Gasteiger partial charge is 0.128 e. The van der Waals surface area contributed by atoms with Gasteiger partial charge in [0.15, 0.2) is 0 Å². The summed E-state index contributed by atoms with van der Waals surface area (Å²) < 4.78 is 24.6. The van der Waals surface area contributed by atoms with Gasteiger partial charge in [0.1, 0.15) is 5.82 Å². The Bertz CT molecular complexity index is 430. The first-order chi connectivity index (χ1) is 9.72. The van der Waals surface area contributed by atoms with Crippen LogP contribution in [0.2, 0.25) is 0 Å². The van der Waals surface area contributed by atoms with E-state index in [0.29, 0.717) is 18.4 Å². The van der Waals surface area contributed by atoms with Crippen molar-refractivity contribution in [2.24, 2.45) is 0 Å². The number of rotatable bonds is 7. The molecule has 1 aliphatic heterocycles. The normalized spacial score (nSPS) is 22.4. The fraction of sp³-hybridized carbons (Fsp3) is 0.600. The van der Waals surface area contributed by atoms with Gasteiger partial charge >= 0.3 is 0 Å². The van der Waals surface area contributed by atoms with E-state index in [-0.39, 0.29) is 11.9 Å². The van der Waals surface area contributed by atoms with E-state index in [4.69, 9.17) is 9.47 Å². The number of ether oxygens (including phenoxy) is 2. The average Bonchev–Trinajstić information content (AvgIpc) is 2.83. The van der Waals surface area contributed by atoms with E-state index in [1.807, 2.05) is 6.07 Å². The molecule has 3 nitrogen and oxygen atoms in total. The van der Waals surface area contributed by atoms with E-state index in [9.17, 15) is 4.39 Å². The Hall–Kier alpha value is -0.620. The first kappa shape index (κ1) is 15.8. The molecule has 0 radical (unpaired) electrons. The molecule has 1 aliphatic rings. The van der Waals surface area contributed by atoms with E-state index in [1.165, 1.54) is 6.07 Å². The summed E-state index contributed by atoms with van der Waals surface area (Å²) in [6.07, 6.45) is 1.26. The predicted octanol–water partition coefficient (Wildman–Crippen LogP) is 2.83. The van der Waals surface area contributed by atoms with Crippen molar-refractivity contribution < 1.29 is 13.9 Å². The molecule has 0 amide bonds. The molecule has 1 fully saturated rings. The zero-order valence-corrected chi connectivity index (χ0v) is 12.8. The third-order valence-electron chi connectivity index (χ3n) is 3.45. The van der Waals surface area contributed by atoms with Gasteiger partial charge in [-0.2, -0.15) is 0 Å². The summed E-state index contributed by atoms with van der Waals surface area (Å²) in [4.78, 5) is 1.01. The minimum atomic E-state index is -0.147. The highest BCUT2D eigenvalue weighted by Crippen LogP contribution is 2.35. The molecule has 1 aromatic carbocycles. The van der Waals surface area contributed by atoms with Crippen LogP contribution in [0, 0.1) is 5.82 Å². The molecule has 0 bridgehead atoms. The quantitative estimate of drug-likeness (QED) is 0.784. The number of hydrogen-bond acceptors (Lipinski definition) is 4. The number of thioether (sulfide) groups is 1. The van der Waals surface area contributed by atoms with Crippen LogP contribution in [-0.2, 0) is 16.0 Å². The molecule has 112 valence electrons. The summed E-state index contributed by atoms with van der Waals surface area (Å²) in [6, 6.07) is 5.29. The number of hydrogen-bond donors (Lipinski definition) is 1. The summed E-state index contributed by atoms with van der Waals surface area (Å²) in [5, 5.41) is 3.62. The van der Waals surface area contributed by atoms with Crippen LogP contribution in [0.25, 0.3) is 0 Å². The molecule has 2 unspecified atom stereocenters. The second-order valence-corrected chi connectivity index (χ2v) is 6.19. The molecule has 1 aromatic rings. The summed E-state index contributed by atoms with van der Waals surface area (Å²) in [5.41, 5.74) is 0.743. The Morgan fingerprint density at radius 2 is 2.35 bits per heavy atom. The zero-order chi connectivity index (χ0) is 14.4. The highest BCUT2D eigenvalue weighted by molar-refractivity contribution is 8.00. The topological polar surface area (TPSA) is 30.5 Å². The summed E-state index contributed by atoms with van der Waals surface area (Å²) in [7, 11) is 1.66. The predicted molar refractivity (Wildman–Crippen MR) is 79.7 cm³/mol. The third kappa shape index (κ3) is 4.19. The molecular formula is C15H22FNO2S.